The van der Waals surface area contributed by atoms with E-state index in [0.717, 1.165) is 34.7 Å². The molecule has 1 atom stereocenters. The van der Waals surface area contributed by atoms with Crippen LogP contribution in [0, 0.1) is 0 Å². The topological polar surface area (TPSA) is 45.7 Å². The number of hydrogen-bond acceptors (Lipinski definition) is 2. The van der Waals surface area contributed by atoms with Crippen LogP contribution in [-0.2, 0) is 6.54 Å². The number of hydrogen-bond donors (Lipinski definition) is 2. The average molecular weight is 470 g/mol. The number of aliphatic imine (C=N–C) groups is 1. The molecule has 1 unspecified atom stereocenters. The van der Waals surface area contributed by atoms with Gasteiger partial charge < -0.3 is 15.4 Å². The van der Waals surface area contributed by atoms with Crippen molar-refractivity contribution in [3.8, 4) is 5.75 Å². The van der Waals surface area contributed by atoms with E-state index in [1.807, 2.05) is 18.2 Å². The molecule has 0 saturated heterocycles. The first-order chi connectivity index (χ1) is 9.60. The summed E-state index contributed by atoms with van der Waals surface area (Å²) in [6.45, 7) is 7.78. The zero-order valence-electron chi connectivity index (χ0n) is 13.1. The van der Waals surface area contributed by atoms with Crippen LogP contribution in [0.2, 0.25) is 0 Å². The number of guanidine groups is 1. The molecule has 0 aliphatic carbocycles. The second-order valence-corrected chi connectivity index (χ2v) is 5.52. The number of nitrogens with one attached hydrogen (secondary N) is 2. The fraction of sp³-hybridized carbons (Fsp3) is 0.533. The lowest BCUT2D eigenvalue weighted by Gasteiger charge is -2.16. The van der Waals surface area contributed by atoms with Crippen molar-refractivity contribution in [1.29, 1.82) is 0 Å². The Bertz CT molecular complexity index is 455. The minimum absolute atomic E-state index is 0. The smallest absolute Gasteiger partial charge is 0.191 e. The Morgan fingerprint density at radius 3 is 2.67 bits per heavy atom. The second-order valence-electron chi connectivity index (χ2n) is 4.60. The number of nitrogens with zero attached hydrogens (tertiary/aromatic N) is 1. The Kier molecular flexibility index (Phi) is 10.9. The van der Waals surface area contributed by atoms with Crippen LogP contribution in [0.25, 0.3) is 0 Å². The number of halogens is 2. The predicted molar refractivity (Wildman–Crippen MR) is 104 cm³/mol. The minimum Gasteiger partial charge on any atom is -0.496 e. The Balaban J connectivity index is 0.00000400. The molecule has 4 nitrogen and oxygen atoms in total. The van der Waals surface area contributed by atoms with Crippen molar-refractivity contribution in [3.63, 3.8) is 0 Å². The van der Waals surface area contributed by atoms with Gasteiger partial charge in [-0.2, -0.15) is 0 Å². The Morgan fingerprint density at radius 2 is 2.10 bits per heavy atom. The van der Waals surface area contributed by atoms with Gasteiger partial charge in [0.05, 0.1) is 13.7 Å². The first kappa shape index (κ1) is 20.5. The van der Waals surface area contributed by atoms with Gasteiger partial charge in [-0.05, 0) is 38.5 Å². The molecule has 2 N–H and O–H groups in total. The highest BCUT2D eigenvalue weighted by molar-refractivity contribution is 14.0. The Labute approximate surface area is 153 Å². The summed E-state index contributed by atoms with van der Waals surface area (Å²) < 4.78 is 6.39. The van der Waals surface area contributed by atoms with Gasteiger partial charge in [0.1, 0.15) is 5.75 Å². The Morgan fingerprint density at radius 1 is 1.38 bits per heavy atom. The van der Waals surface area contributed by atoms with E-state index in [1.54, 1.807) is 7.11 Å². The third-order valence-corrected chi connectivity index (χ3v) is 3.48. The van der Waals surface area contributed by atoms with Gasteiger partial charge in [0.2, 0.25) is 0 Å². The van der Waals surface area contributed by atoms with Gasteiger partial charge in [-0.1, -0.05) is 22.9 Å². The first-order valence-corrected chi connectivity index (χ1v) is 7.77. The Hall–Kier alpha value is -0.500. The van der Waals surface area contributed by atoms with Gasteiger partial charge >= 0.3 is 0 Å². The zero-order valence-corrected chi connectivity index (χ0v) is 17.0. The van der Waals surface area contributed by atoms with Gasteiger partial charge in [0.25, 0.3) is 0 Å². The third-order valence-electron chi connectivity index (χ3n) is 2.99. The average Bonchev–Trinajstić information content (AvgIpc) is 2.45. The highest BCUT2D eigenvalue weighted by atomic mass is 127. The lowest BCUT2D eigenvalue weighted by atomic mass is 10.2. The van der Waals surface area contributed by atoms with Crippen LogP contribution in [0.5, 0.6) is 5.75 Å². The summed E-state index contributed by atoms with van der Waals surface area (Å²) in [7, 11) is 1.68. The highest BCUT2D eigenvalue weighted by Crippen LogP contribution is 2.23. The lowest BCUT2D eigenvalue weighted by molar-refractivity contribution is 0.409. The van der Waals surface area contributed by atoms with Gasteiger partial charge in [0.15, 0.2) is 5.96 Å². The molecule has 0 aliphatic heterocycles. The molecule has 0 spiro atoms. The van der Waals surface area contributed by atoms with E-state index in [2.05, 4.69) is 52.3 Å². The maximum atomic E-state index is 5.36. The standard InChI is InChI=1S/C15H24BrN3O.HI/c1-5-11(3)19-15(17-6-2)18-10-12-9-13(16)7-8-14(12)20-4;/h7-9,11H,5-6,10H2,1-4H3,(H2,17,18,19);1H. The van der Waals surface area contributed by atoms with Crippen molar-refractivity contribution >= 4 is 45.9 Å². The van der Waals surface area contributed by atoms with E-state index in [4.69, 9.17) is 4.74 Å². The van der Waals surface area contributed by atoms with E-state index >= 15 is 0 Å². The zero-order chi connectivity index (χ0) is 15.0. The third kappa shape index (κ3) is 7.35. The van der Waals surface area contributed by atoms with Gasteiger partial charge in [-0.3, -0.25) is 0 Å². The molecule has 0 aromatic heterocycles. The molecular formula is C15H25BrIN3O. The summed E-state index contributed by atoms with van der Waals surface area (Å²) in [6.07, 6.45) is 1.06. The van der Waals surface area contributed by atoms with Crippen molar-refractivity contribution in [1.82, 2.24) is 10.6 Å². The number of benzene rings is 1. The fourth-order valence-electron chi connectivity index (χ4n) is 1.69. The van der Waals surface area contributed by atoms with Gasteiger partial charge in [0, 0.05) is 22.6 Å². The number of rotatable bonds is 6. The van der Waals surface area contributed by atoms with E-state index in [-0.39, 0.29) is 24.0 Å². The van der Waals surface area contributed by atoms with Crippen LogP contribution in [0.3, 0.4) is 0 Å². The van der Waals surface area contributed by atoms with Gasteiger partial charge in [-0.25, -0.2) is 4.99 Å². The highest BCUT2D eigenvalue weighted by Gasteiger charge is 2.05. The molecule has 1 aromatic rings. The minimum atomic E-state index is 0. The summed E-state index contributed by atoms with van der Waals surface area (Å²) in [5.74, 6) is 1.69. The quantitative estimate of drug-likeness (QED) is 0.377. The summed E-state index contributed by atoms with van der Waals surface area (Å²) in [5, 5.41) is 6.63. The molecule has 0 saturated carbocycles. The number of ether oxygens (including phenoxy) is 1. The van der Waals surface area contributed by atoms with Crippen molar-refractivity contribution in [2.24, 2.45) is 4.99 Å². The normalized spacial score (nSPS) is 12.3. The fourth-order valence-corrected chi connectivity index (χ4v) is 2.10. The van der Waals surface area contributed by atoms with E-state index in [0.29, 0.717) is 12.6 Å². The molecule has 0 bridgehead atoms. The predicted octanol–water partition coefficient (Wildman–Crippen LogP) is 3.93. The van der Waals surface area contributed by atoms with Crippen molar-refractivity contribution < 1.29 is 4.74 Å². The largest absolute Gasteiger partial charge is 0.496 e. The van der Waals surface area contributed by atoms with Crippen LogP contribution in [-0.4, -0.2) is 25.7 Å². The van der Waals surface area contributed by atoms with Crippen LogP contribution < -0.4 is 15.4 Å². The molecule has 0 fully saturated rings. The molecule has 120 valence electrons. The van der Waals surface area contributed by atoms with Crippen LogP contribution >= 0.6 is 39.9 Å². The molecule has 0 radical (unpaired) electrons. The van der Waals surface area contributed by atoms with E-state index < -0.39 is 0 Å². The molecule has 1 aromatic carbocycles. The lowest BCUT2D eigenvalue weighted by Crippen LogP contribution is -2.41. The molecule has 6 heteroatoms. The van der Waals surface area contributed by atoms with E-state index in [1.165, 1.54) is 0 Å². The summed E-state index contributed by atoms with van der Waals surface area (Å²) in [6, 6.07) is 6.35. The monoisotopic (exact) mass is 469 g/mol. The van der Waals surface area contributed by atoms with Crippen LogP contribution in [0.4, 0.5) is 0 Å². The molecule has 21 heavy (non-hydrogen) atoms. The maximum absolute atomic E-state index is 5.36. The van der Waals surface area contributed by atoms with E-state index in [9.17, 15) is 0 Å². The van der Waals surface area contributed by atoms with Crippen molar-refractivity contribution in [2.45, 2.75) is 39.8 Å². The molecule has 0 heterocycles. The summed E-state index contributed by atoms with van der Waals surface area (Å²) in [4.78, 5) is 4.61. The first-order valence-electron chi connectivity index (χ1n) is 6.97. The summed E-state index contributed by atoms with van der Waals surface area (Å²) >= 11 is 3.48. The van der Waals surface area contributed by atoms with Crippen molar-refractivity contribution in [3.05, 3.63) is 28.2 Å². The molecular weight excluding hydrogens is 445 g/mol. The second kappa shape index (κ2) is 11.1. The van der Waals surface area contributed by atoms with Crippen molar-refractivity contribution in [2.75, 3.05) is 13.7 Å². The summed E-state index contributed by atoms with van der Waals surface area (Å²) in [5.41, 5.74) is 1.06. The van der Waals surface area contributed by atoms with Crippen LogP contribution in [0.15, 0.2) is 27.7 Å². The molecule has 0 amide bonds. The maximum Gasteiger partial charge on any atom is 0.191 e. The van der Waals surface area contributed by atoms with Crippen LogP contribution in [0.1, 0.15) is 32.8 Å². The SMILES string of the molecule is CCNC(=NCc1cc(Br)ccc1OC)NC(C)CC.I. The number of methoxy groups -OCH3 is 1. The molecule has 0 aliphatic rings. The molecule has 1 rings (SSSR count). The van der Waals surface area contributed by atoms with Gasteiger partial charge in [-0.15, -0.1) is 24.0 Å².